The molecule has 0 saturated carbocycles. The van der Waals surface area contributed by atoms with Gasteiger partial charge in [-0.2, -0.15) is 0 Å². The zero-order valence-corrected chi connectivity index (χ0v) is 25.2. The number of nitro groups is 1. The number of aromatic nitrogens is 3. The second-order valence-corrected chi connectivity index (χ2v) is 10.1. The minimum Gasteiger partial charge on any atom is -0.491 e. The van der Waals surface area contributed by atoms with Gasteiger partial charge in [-0.1, -0.05) is 19.1 Å². The Morgan fingerprint density at radius 2 is 1.85 bits per heavy atom. The SMILES string of the molecule is CCc1nc(C)oc1C(=O)Nc1nc2cc(C(N)=O)cc3c2n1C/C=C/CNc1c(cc(C(=O)OC)cc1[N+](=O)[O-])OCCCO3. The van der Waals surface area contributed by atoms with Gasteiger partial charge in [-0.15, -0.1) is 0 Å². The number of nitro benzene ring substituents is 1. The highest BCUT2D eigenvalue weighted by Crippen LogP contribution is 2.37. The van der Waals surface area contributed by atoms with Gasteiger partial charge >= 0.3 is 5.97 Å². The van der Waals surface area contributed by atoms with E-state index < -0.39 is 22.7 Å². The van der Waals surface area contributed by atoms with Crippen molar-refractivity contribution in [3.05, 3.63) is 75.0 Å². The van der Waals surface area contributed by atoms with E-state index in [-0.39, 0.29) is 72.0 Å². The third-order valence-corrected chi connectivity index (χ3v) is 7.02. The van der Waals surface area contributed by atoms with E-state index in [9.17, 15) is 24.5 Å². The molecule has 3 heterocycles. The lowest BCUT2D eigenvalue weighted by atomic mass is 10.1. The van der Waals surface area contributed by atoms with Crippen LogP contribution >= 0.6 is 0 Å². The summed E-state index contributed by atoms with van der Waals surface area (Å²) in [4.78, 5) is 57.8. The number of allylic oxidation sites excluding steroid dienone is 1. The van der Waals surface area contributed by atoms with Crippen molar-refractivity contribution in [2.24, 2.45) is 5.73 Å². The number of ether oxygens (including phenoxy) is 3. The van der Waals surface area contributed by atoms with Crippen LogP contribution in [0.1, 0.15) is 56.2 Å². The van der Waals surface area contributed by atoms with Crippen LogP contribution in [0.3, 0.4) is 0 Å². The summed E-state index contributed by atoms with van der Waals surface area (Å²) in [7, 11) is 1.18. The summed E-state index contributed by atoms with van der Waals surface area (Å²) in [5, 5.41) is 17.7. The molecular formula is C30H31N7O9. The molecule has 0 spiro atoms. The Labute approximate surface area is 261 Å². The van der Waals surface area contributed by atoms with E-state index in [0.29, 0.717) is 35.5 Å². The van der Waals surface area contributed by atoms with Crippen molar-refractivity contribution in [2.75, 3.05) is 37.5 Å². The fourth-order valence-corrected chi connectivity index (χ4v) is 4.92. The van der Waals surface area contributed by atoms with E-state index in [0.717, 1.165) is 6.07 Å². The summed E-state index contributed by atoms with van der Waals surface area (Å²) >= 11 is 0. The molecule has 2 aromatic carbocycles. The highest BCUT2D eigenvalue weighted by atomic mass is 16.6. The number of benzene rings is 2. The van der Waals surface area contributed by atoms with Crippen LogP contribution < -0.4 is 25.8 Å². The summed E-state index contributed by atoms with van der Waals surface area (Å²) in [5.41, 5.74) is 6.73. The van der Waals surface area contributed by atoms with Crippen LogP contribution in [0.5, 0.6) is 11.5 Å². The van der Waals surface area contributed by atoms with Crippen LogP contribution in [0.2, 0.25) is 0 Å². The van der Waals surface area contributed by atoms with E-state index in [2.05, 4.69) is 20.6 Å². The zero-order valence-electron chi connectivity index (χ0n) is 25.2. The number of nitrogens with one attached hydrogen (secondary N) is 2. The Morgan fingerprint density at radius 3 is 2.54 bits per heavy atom. The van der Waals surface area contributed by atoms with Gasteiger partial charge in [0.2, 0.25) is 17.6 Å². The zero-order chi connectivity index (χ0) is 33.0. The van der Waals surface area contributed by atoms with Crippen LogP contribution in [0, 0.1) is 17.0 Å². The van der Waals surface area contributed by atoms with Crippen LogP contribution in [0.25, 0.3) is 11.0 Å². The fourth-order valence-electron chi connectivity index (χ4n) is 4.92. The lowest BCUT2D eigenvalue weighted by Gasteiger charge is -2.15. The second-order valence-electron chi connectivity index (χ2n) is 10.1. The average molecular weight is 634 g/mol. The Balaban J connectivity index is 1.54. The number of hydrogen-bond acceptors (Lipinski definition) is 12. The molecule has 1 aliphatic rings. The molecule has 0 aliphatic carbocycles. The third kappa shape index (κ3) is 6.45. The molecule has 0 bridgehead atoms. The summed E-state index contributed by atoms with van der Waals surface area (Å²) in [5.74, 6) is -1.09. The third-order valence-electron chi connectivity index (χ3n) is 7.02. The monoisotopic (exact) mass is 633 g/mol. The Kier molecular flexibility index (Phi) is 9.16. The van der Waals surface area contributed by atoms with Crippen LogP contribution in [-0.4, -0.2) is 64.1 Å². The number of oxazole rings is 1. The van der Waals surface area contributed by atoms with E-state index in [1.807, 2.05) is 6.92 Å². The largest absolute Gasteiger partial charge is 0.491 e. The second kappa shape index (κ2) is 13.4. The summed E-state index contributed by atoms with van der Waals surface area (Å²) < 4.78 is 23.9. The van der Waals surface area contributed by atoms with Gasteiger partial charge < -0.3 is 34.2 Å². The van der Waals surface area contributed by atoms with Crippen molar-refractivity contribution >= 4 is 46.1 Å². The van der Waals surface area contributed by atoms with Gasteiger partial charge in [0, 0.05) is 38.1 Å². The summed E-state index contributed by atoms with van der Waals surface area (Å²) in [6.45, 7) is 3.95. The number of amides is 2. The number of rotatable bonds is 6. The molecule has 16 heteroatoms. The van der Waals surface area contributed by atoms with E-state index in [1.165, 1.54) is 25.3 Å². The molecule has 2 aromatic heterocycles. The molecule has 0 radical (unpaired) electrons. The number of aryl methyl sites for hydroxylation is 2. The number of carbonyl (C=O) groups excluding carboxylic acids is 3. The lowest BCUT2D eigenvalue weighted by Crippen LogP contribution is -2.17. The first-order valence-electron chi connectivity index (χ1n) is 14.3. The fraction of sp³-hybridized carbons (Fsp3) is 0.300. The molecule has 0 saturated heterocycles. The van der Waals surface area contributed by atoms with Crippen molar-refractivity contribution < 1.29 is 37.9 Å². The first-order valence-corrected chi connectivity index (χ1v) is 14.3. The van der Waals surface area contributed by atoms with Gasteiger partial charge in [-0.05, 0) is 24.6 Å². The molecule has 46 heavy (non-hydrogen) atoms. The number of primary amides is 1. The summed E-state index contributed by atoms with van der Waals surface area (Å²) in [6, 6.07) is 5.49. The first kappa shape index (κ1) is 31.5. The van der Waals surface area contributed by atoms with Crippen LogP contribution in [0.15, 0.2) is 40.8 Å². The molecule has 4 aromatic rings. The number of nitrogens with two attached hydrogens (primary N) is 1. The molecule has 4 N–H and O–H groups in total. The highest BCUT2D eigenvalue weighted by Gasteiger charge is 2.25. The molecule has 0 unspecified atom stereocenters. The minimum atomic E-state index is -0.755. The van der Waals surface area contributed by atoms with Crippen LogP contribution in [0.4, 0.5) is 17.3 Å². The Hall–Kier alpha value is -5.93. The number of fused-ring (bicyclic) bond motifs is 1. The van der Waals surface area contributed by atoms with E-state index in [4.69, 9.17) is 24.4 Å². The van der Waals surface area contributed by atoms with Gasteiger partial charge in [0.15, 0.2) is 11.6 Å². The predicted molar refractivity (Wildman–Crippen MR) is 164 cm³/mol. The molecule has 1 aliphatic heterocycles. The van der Waals surface area contributed by atoms with Gasteiger partial charge in [0.05, 0.1) is 42.0 Å². The molecule has 2 amide bonds. The Morgan fingerprint density at radius 1 is 1.11 bits per heavy atom. The smallest absolute Gasteiger partial charge is 0.338 e. The quantitative estimate of drug-likeness (QED) is 0.120. The first-order chi connectivity index (χ1) is 22.1. The van der Waals surface area contributed by atoms with Crippen molar-refractivity contribution in [3.8, 4) is 11.5 Å². The van der Waals surface area contributed by atoms with Crippen molar-refractivity contribution in [2.45, 2.75) is 33.2 Å². The van der Waals surface area contributed by atoms with E-state index >= 15 is 0 Å². The van der Waals surface area contributed by atoms with Gasteiger partial charge in [0.1, 0.15) is 17.0 Å². The van der Waals surface area contributed by atoms with Crippen LogP contribution in [-0.2, 0) is 17.7 Å². The number of methoxy groups -OCH3 is 1. The number of carbonyl (C=O) groups is 3. The topological polar surface area (TPSA) is 216 Å². The minimum absolute atomic E-state index is 0.0434. The van der Waals surface area contributed by atoms with Gasteiger partial charge in [-0.25, -0.2) is 14.8 Å². The number of imidazole rings is 1. The maximum atomic E-state index is 13.3. The van der Waals surface area contributed by atoms with E-state index in [1.54, 1.807) is 23.6 Å². The van der Waals surface area contributed by atoms with Crippen molar-refractivity contribution in [1.82, 2.24) is 14.5 Å². The molecule has 0 atom stereocenters. The molecule has 240 valence electrons. The number of esters is 1. The molecule has 5 rings (SSSR count). The van der Waals surface area contributed by atoms with Gasteiger partial charge in [-0.3, -0.25) is 25.0 Å². The highest BCUT2D eigenvalue weighted by molar-refractivity contribution is 6.04. The Bertz CT molecular complexity index is 1880. The summed E-state index contributed by atoms with van der Waals surface area (Å²) in [6.07, 6.45) is 4.24. The standard InChI is InChI=1S/C30H31N7O9/c1-4-19-26(46-16(2)33-19)28(39)35-30-34-20-12-17(27(31)38)14-23-25(20)36(30)9-6-5-8-32-24-21(37(41)42)13-18(29(40)43-3)15-22(24)44-10-7-11-45-23/h5-6,12-15,32H,4,7-11H2,1-3H3,(H2,31,38)(H,34,35,39)/b6-5+. The number of nitrogens with zero attached hydrogens (tertiary/aromatic N) is 4. The molecule has 16 nitrogen and oxygen atoms in total. The normalized spacial score (nSPS) is 14.0. The maximum Gasteiger partial charge on any atom is 0.338 e. The number of hydrogen-bond donors (Lipinski definition) is 3. The number of anilines is 2. The molecule has 0 fully saturated rings. The maximum absolute atomic E-state index is 13.3. The van der Waals surface area contributed by atoms with Gasteiger partial charge in [0.25, 0.3) is 11.6 Å². The molecular weight excluding hydrogens is 602 g/mol. The average Bonchev–Trinajstić information content (AvgIpc) is 3.58. The predicted octanol–water partition coefficient (Wildman–Crippen LogP) is 3.77. The van der Waals surface area contributed by atoms with Crippen molar-refractivity contribution in [1.29, 1.82) is 0 Å². The lowest BCUT2D eigenvalue weighted by molar-refractivity contribution is -0.384. The van der Waals surface area contributed by atoms with Crippen molar-refractivity contribution in [3.63, 3.8) is 0 Å².